The van der Waals surface area contributed by atoms with E-state index < -0.39 is 24.3 Å². The first-order valence-corrected chi connectivity index (χ1v) is 22.5. The van der Waals surface area contributed by atoms with Crippen LogP contribution in [0.3, 0.4) is 0 Å². The van der Waals surface area contributed by atoms with E-state index in [9.17, 15) is 19.5 Å². The molecule has 0 spiro atoms. The smallest absolute Gasteiger partial charge is 0.306 e. The van der Waals surface area contributed by atoms with E-state index in [-0.39, 0.29) is 38.6 Å². The first-order chi connectivity index (χ1) is 26.6. The molecule has 322 valence electrons. The van der Waals surface area contributed by atoms with Gasteiger partial charge < -0.3 is 33.3 Å². The lowest BCUT2D eigenvalue weighted by Gasteiger charge is -2.26. The number of hydrogen-bond acceptors (Lipinski definition) is 8. The van der Waals surface area contributed by atoms with E-state index in [1.54, 1.807) is 0 Å². The van der Waals surface area contributed by atoms with Crippen molar-refractivity contribution in [2.24, 2.45) is 0 Å². The van der Waals surface area contributed by atoms with Crippen molar-refractivity contribution in [2.75, 3.05) is 47.5 Å². The molecule has 0 aliphatic rings. The summed E-state index contributed by atoms with van der Waals surface area (Å²) < 4.78 is 22.5. The van der Waals surface area contributed by atoms with Crippen LogP contribution >= 0.6 is 0 Å². The van der Waals surface area contributed by atoms with Crippen LogP contribution < -0.4 is 5.11 Å². The Bertz CT molecular complexity index is 960. The normalized spacial score (nSPS) is 13.1. The molecule has 0 aromatic heterocycles. The molecule has 9 nitrogen and oxygen atoms in total. The number of carbonyl (C=O) groups excluding carboxylic acids is 3. The van der Waals surface area contributed by atoms with E-state index >= 15 is 0 Å². The van der Waals surface area contributed by atoms with Crippen LogP contribution in [0.5, 0.6) is 0 Å². The van der Waals surface area contributed by atoms with E-state index in [2.05, 4.69) is 38.2 Å². The van der Waals surface area contributed by atoms with Crippen molar-refractivity contribution >= 4 is 17.9 Å². The SMILES string of the molecule is CCCCCC/C=C\CCCCCCCC(=O)OCC(COC(OCC[N+](C)(C)C)C(=O)[O-])OC(=O)CCCCCCCCC/C=C\CCCCCCCC. The number of hydrogen-bond donors (Lipinski definition) is 0. The molecule has 0 aromatic carbocycles. The third-order valence-electron chi connectivity index (χ3n) is 9.67. The summed E-state index contributed by atoms with van der Waals surface area (Å²) in [6.07, 6.45) is 37.7. The molecule has 9 heteroatoms. The van der Waals surface area contributed by atoms with Gasteiger partial charge in [0.05, 0.1) is 40.3 Å². The molecule has 0 saturated heterocycles. The zero-order valence-electron chi connectivity index (χ0n) is 36.3. The second kappa shape index (κ2) is 38.6. The highest BCUT2D eigenvalue weighted by atomic mass is 16.7. The molecule has 0 N–H and O–H groups in total. The number of unbranched alkanes of at least 4 members (excludes halogenated alkanes) is 22. The number of rotatable bonds is 41. The van der Waals surface area contributed by atoms with E-state index in [4.69, 9.17) is 18.9 Å². The van der Waals surface area contributed by atoms with Crippen LogP contribution in [0.4, 0.5) is 0 Å². The van der Waals surface area contributed by atoms with Crippen molar-refractivity contribution in [1.29, 1.82) is 0 Å². The van der Waals surface area contributed by atoms with Crippen molar-refractivity contribution in [1.82, 2.24) is 0 Å². The largest absolute Gasteiger partial charge is 0.545 e. The Hall–Kier alpha value is -2.23. The molecule has 0 saturated carbocycles. The monoisotopic (exact) mass is 780 g/mol. The molecule has 2 atom stereocenters. The van der Waals surface area contributed by atoms with Crippen molar-refractivity contribution in [3.63, 3.8) is 0 Å². The summed E-state index contributed by atoms with van der Waals surface area (Å²) in [5.74, 6) is -2.30. The van der Waals surface area contributed by atoms with E-state index in [0.29, 0.717) is 17.4 Å². The van der Waals surface area contributed by atoms with E-state index in [1.165, 1.54) is 96.3 Å². The second-order valence-corrected chi connectivity index (χ2v) is 16.3. The Morgan fingerprint density at radius 3 is 1.36 bits per heavy atom. The molecule has 0 fully saturated rings. The predicted molar refractivity (Wildman–Crippen MR) is 223 cm³/mol. The highest BCUT2D eigenvalue weighted by Crippen LogP contribution is 2.14. The minimum atomic E-state index is -1.62. The van der Waals surface area contributed by atoms with Gasteiger partial charge in [-0.1, -0.05) is 141 Å². The van der Waals surface area contributed by atoms with Crippen molar-refractivity contribution in [3.8, 4) is 0 Å². The topological polar surface area (TPSA) is 111 Å². The van der Waals surface area contributed by atoms with Crippen molar-refractivity contribution < 1.29 is 42.9 Å². The van der Waals surface area contributed by atoms with Gasteiger partial charge in [-0.25, -0.2) is 0 Å². The number of aliphatic carboxylic acids is 1. The summed E-state index contributed by atoms with van der Waals surface area (Å²) in [6, 6.07) is 0. The van der Waals surface area contributed by atoms with Gasteiger partial charge in [0.25, 0.3) is 0 Å². The molecule has 2 unspecified atom stereocenters. The molecule has 0 aliphatic carbocycles. The van der Waals surface area contributed by atoms with E-state index in [0.717, 1.165) is 64.2 Å². The Morgan fingerprint density at radius 1 is 0.527 bits per heavy atom. The quantitative estimate of drug-likeness (QED) is 0.0198. The molecule has 0 aromatic rings. The number of carboxylic acids is 1. The molecule has 0 bridgehead atoms. The molecule has 0 radical (unpaired) electrons. The Balaban J connectivity index is 4.44. The zero-order valence-corrected chi connectivity index (χ0v) is 36.3. The fraction of sp³-hybridized carbons (Fsp3) is 0.848. The first kappa shape index (κ1) is 52.8. The second-order valence-electron chi connectivity index (χ2n) is 16.3. The van der Waals surface area contributed by atoms with Crippen LogP contribution in [0, 0.1) is 0 Å². The summed E-state index contributed by atoms with van der Waals surface area (Å²) in [4.78, 5) is 36.9. The van der Waals surface area contributed by atoms with Gasteiger partial charge in [0.1, 0.15) is 13.2 Å². The lowest BCUT2D eigenvalue weighted by molar-refractivity contribution is -0.870. The Labute approximate surface area is 337 Å². The van der Waals surface area contributed by atoms with Crippen molar-refractivity contribution in [2.45, 2.75) is 206 Å². The third-order valence-corrected chi connectivity index (χ3v) is 9.67. The minimum Gasteiger partial charge on any atom is -0.545 e. The third kappa shape index (κ3) is 39.8. The maximum Gasteiger partial charge on any atom is 0.306 e. The molecule has 55 heavy (non-hydrogen) atoms. The maximum atomic E-state index is 12.7. The molecule has 0 rings (SSSR count). The van der Waals surface area contributed by atoms with Crippen LogP contribution in [0.2, 0.25) is 0 Å². The molecular weight excluding hydrogens is 695 g/mol. The van der Waals surface area contributed by atoms with Crippen LogP contribution in [-0.2, 0) is 33.3 Å². The Kier molecular flexibility index (Phi) is 37.1. The summed E-state index contributed by atoms with van der Waals surface area (Å²) in [5, 5.41) is 11.7. The van der Waals surface area contributed by atoms with Crippen LogP contribution in [0.1, 0.15) is 194 Å². The maximum absolute atomic E-state index is 12.7. The van der Waals surface area contributed by atoms with Gasteiger partial charge in [0.15, 0.2) is 12.4 Å². The Morgan fingerprint density at radius 2 is 0.927 bits per heavy atom. The number of carbonyl (C=O) groups is 3. The number of likely N-dealkylation sites (N-methyl/N-ethyl adjacent to an activating group) is 1. The number of ether oxygens (including phenoxy) is 4. The summed E-state index contributed by atoms with van der Waals surface area (Å²) >= 11 is 0. The summed E-state index contributed by atoms with van der Waals surface area (Å²) in [5.41, 5.74) is 0. The lowest BCUT2D eigenvalue weighted by Crippen LogP contribution is -2.44. The molecule has 0 heterocycles. The van der Waals surface area contributed by atoms with Gasteiger partial charge in [-0.2, -0.15) is 0 Å². The molecule has 0 amide bonds. The summed E-state index contributed by atoms with van der Waals surface area (Å²) in [6.45, 7) is 4.71. The highest BCUT2D eigenvalue weighted by Gasteiger charge is 2.21. The van der Waals surface area contributed by atoms with Crippen LogP contribution in [0.25, 0.3) is 0 Å². The molecular formula is C46H85NO8. The number of allylic oxidation sites excluding steroid dienone is 4. The average Bonchev–Trinajstić information content (AvgIpc) is 3.14. The van der Waals surface area contributed by atoms with Gasteiger partial charge in [-0.15, -0.1) is 0 Å². The zero-order chi connectivity index (χ0) is 40.7. The van der Waals surface area contributed by atoms with Gasteiger partial charge in [0.2, 0.25) is 0 Å². The first-order valence-electron chi connectivity index (χ1n) is 22.5. The van der Waals surface area contributed by atoms with Gasteiger partial charge >= 0.3 is 11.9 Å². The average molecular weight is 780 g/mol. The highest BCUT2D eigenvalue weighted by molar-refractivity contribution is 5.70. The summed E-state index contributed by atoms with van der Waals surface area (Å²) in [7, 11) is 5.90. The van der Waals surface area contributed by atoms with Crippen molar-refractivity contribution in [3.05, 3.63) is 24.3 Å². The fourth-order valence-electron chi connectivity index (χ4n) is 6.11. The number of esters is 2. The van der Waals surface area contributed by atoms with Gasteiger partial charge in [-0.05, 0) is 64.2 Å². The minimum absolute atomic E-state index is 0.147. The number of nitrogens with zero attached hydrogens (tertiary/aromatic N) is 1. The molecule has 0 aliphatic heterocycles. The number of quaternary nitrogens is 1. The predicted octanol–water partition coefficient (Wildman–Crippen LogP) is 10.3. The van der Waals surface area contributed by atoms with Gasteiger partial charge in [0, 0.05) is 12.8 Å². The fourth-order valence-corrected chi connectivity index (χ4v) is 6.11. The van der Waals surface area contributed by atoms with Crippen LogP contribution in [0.15, 0.2) is 24.3 Å². The number of carboxylic acid groups (broad SMARTS) is 1. The standard InChI is InChI=1S/C46H85NO8/c1-6-8-10-12-14-16-18-20-21-22-23-25-27-29-31-33-35-37-44(49)55-42(41-54-46(45(50)51)52-39-38-47(3,4)5)40-53-43(48)36-34-32-30-28-26-24-19-17-15-13-11-9-7-2/h17,19-21,42,46H,6-16,18,22-41H2,1-5H3/b19-17-,21-20-. The lowest BCUT2D eigenvalue weighted by atomic mass is 10.1. The van der Waals surface area contributed by atoms with E-state index in [1.807, 2.05) is 21.1 Å². The van der Waals surface area contributed by atoms with Gasteiger partial charge in [-0.3, -0.25) is 9.59 Å². The van der Waals surface area contributed by atoms with Crippen LogP contribution in [-0.4, -0.2) is 82.3 Å².